The summed E-state index contributed by atoms with van der Waals surface area (Å²) in [5.74, 6) is -0.419. The number of carbonyl (C=O) groups is 1. The Morgan fingerprint density at radius 3 is 2.68 bits per heavy atom. The van der Waals surface area contributed by atoms with Crippen LogP contribution in [0.4, 0.5) is 0 Å². The molecule has 0 bridgehead atoms. The van der Waals surface area contributed by atoms with Crippen LogP contribution >= 0.6 is 23.1 Å². The summed E-state index contributed by atoms with van der Waals surface area (Å²) >= 11 is 3.19. The van der Waals surface area contributed by atoms with Gasteiger partial charge >= 0.3 is 0 Å². The Kier molecular flexibility index (Phi) is 3.08. The summed E-state index contributed by atoms with van der Waals surface area (Å²) in [5.41, 5.74) is 8.11. The van der Waals surface area contributed by atoms with Crippen LogP contribution in [0.2, 0.25) is 0 Å². The third kappa shape index (κ3) is 2.27. The van der Waals surface area contributed by atoms with Gasteiger partial charge in [-0.25, -0.2) is 0 Å². The van der Waals surface area contributed by atoms with E-state index in [9.17, 15) is 4.79 Å². The average Bonchev–Trinajstić information content (AvgIpc) is 2.94. The molecule has 1 aromatic carbocycles. The molecular formula is C14H12N2OS2. The highest BCUT2D eigenvalue weighted by atomic mass is 32.2. The molecule has 0 aliphatic rings. The lowest BCUT2D eigenvalue weighted by atomic mass is 10.2. The van der Waals surface area contributed by atoms with Crippen molar-refractivity contribution in [3.05, 3.63) is 47.0 Å². The fourth-order valence-corrected chi connectivity index (χ4v) is 3.91. The lowest BCUT2D eigenvalue weighted by Crippen LogP contribution is -2.12. The maximum atomic E-state index is 11.5. The maximum Gasteiger partial charge on any atom is 0.266 e. The minimum atomic E-state index is -0.419. The second-order valence-corrected chi connectivity index (χ2v) is 6.27. The quantitative estimate of drug-likeness (QED) is 0.770. The molecular weight excluding hydrogens is 276 g/mol. The normalized spacial score (nSPS) is 11.0. The Morgan fingerprint density at radius 2 is 2.00 bits per heavy atom. The SMILES string of the molecule is Cc1ccc(Sc2c(C(N)=O)[nH]c3ccsc23)cc1. The molecule has 3 nitrogen and oxygen atoms in total. The van der Waals surface area contributed by atoms with E-state index in [0.717, 1.165) is 20.0 Å². The van der Waals surface area contributed by atoms with Crippen molar-refractivity contribution in [3.8, 4) is 0 Å². The van der Waals surface area contributed by atoms with Gasteiger partial charge in [0.25, 0.3) is 5.91 Å². The number of aromatic amines is 1. The van der Waals surface area contributed by atoms with Gasteiger partial charge in [0.2, 0.25) is 0 Å². The zero-order valence-electron chi connectivity index (χ0n) is 10.3. The summed E-state index contributed by atoms with van der Waals surface area (Å²) in [6.45, 7) is 2.05. The van der Waals surface area contributed by atoms with E-state index in [1.807, 2.05) is 11.4 Å². The van der Waals surface area contributed by atoms with Crippen molar-refractivity contribution >= 4 is 39.2 Å². The molecule has 0 aliphatic carbocycles. The number of rotatable bonds is 3. The first kappa shape index (κ1) is 12.3. The van der Waals surface area contributed by atoms with Gasteiger partial charge in [-0.1, -0.05) is 29.5 Å². The van der Waals surface area contributed by atoms with Gasteiger partial charge in [-0.3, -0.25) is 4.79 Å². The number of nitrogens with two attached hydrogens (primary N) is 1. The highest BCUT2D eigenvalue weighted by molar-refractivity contribution is 7.99. The number of hydrogen-bond donors (Lipinski definition) is 2. The molecule has 5 heteroatoms. The predicted octanol–water partition coefficient (Wildman–Crippen LogP) is 3.79. The van der Waals surface area contributed by atoms with Gasteiger partial charge in [-0.05, 0) is 30.5 Å². The molecule has 3 rings (SSSR count). The average molecular weight is 288 g/mol. The number of aromatic nitrogens is 1. The summed E-state index contributed by atoms with van der Waals surface area (Å²) in [4.78, 5) is 16.6. The molecule has 2 aromatic heterocycles. The molecule has 0 saturated carbocycles. The number of thiophene rings is 1. The molecule has 0 spiro atoms. The number of aryl methyl sites for hydroxylation is 1. The molecule has 0 fully saturated rings. The molecule has 0 atom stereocenters. The highest BCUT2D eigenvalue weighted by Crippen LogP contribution is 2.39. The van der Waals surface area contributed by atoms with Crippen LogP contribution in [0.25, 0.3) is 10.2 Å². The lowest BCUT2D eigenvalue weighted by molar-refractivity contribution is 0.0993. The third-order valence-electron chi connectivity index (χ3n) is 2.85. The summed E-state index contributed by atoms with van der Waals surface area (Å²) in [5, 5.41) is 2.01. The molecule has 2 heterocycles. The first-order valence-electron chi connectivity index (χ1n) is 5.78. The van der Waals surface area contributed by atoms with E-state index >= 15 is 0 Å². The van der Waals surface area contributed by atoms with Gasteiger partial charge < -0.3 is 10.7 Å². The zero-order valence-corrected chi connectivity index (χ0v) is 11.9. The minimum Gasteiger partial charge on any atom is -0.364 e. The summed E-state index contributed by atoms with van der Waals surface area (Å²) in [6, 6.07) is 10.2. The van der Waals surface area contributed by atoms with Gasteiger partial charge in [0.1, 0.15) is 5.69 Å². The van der Waals surface area contributed by atoms with Crippen molar-refractivity contribution in [1.29, 1.82) is 0 Å². The Hall–Kier alpha value is -1.72. The molecule has 0 radical (unpaired) electrons. The topological polar surface area (TPSA) is 58.9 Å². The monoisotopic (exact) mass is 288 g/mol. The van der Waals surface area contributed by atoms with Crippen molar-refractivity contribution in [1.82, 2.24) is 4.98 Å². The second kappa shape index (κ2) is 4.75. The van der Waals surface area contributed by atoms with Crippen molar-refractivity contribution in [2.24, 2.45) is 5.73 Å². The molecule has 3 aromatic rings. The smallest absolute Gasteiger partial charge is 0.266 e. The number of benzene rings is 1. The molecule has 19 heavy (non-hydrogen) atoms. The minimum absolute atomic E-state index is 0.419. The Morgan fingerprint density at radius 1 is 1.26 bits per heavy atom. The van der Waals surface area contributed by atoms with E-state index < -0.39 is 5.91 Å². The van der Waals surface area contributed by atoms with Crippen molar-refractivity contribution < 1.29 is 4.79 Å². The number of fused-ring (bicyclic) bond motifs is 1. The largest absolute Gasteiger partial charge is 0.364 e. The van der Waals surface area contributed by atoms with Crippen LogP contribution < -0.4 is 5.73 Å². The fourth-order valence-electron chi connectivity index (χ4n) is 1.88. The van der Waals surface area contributed by atoms with Crippen LogP contribution in [-0.4, -0.2) is 10.9 Å². The molecule has 96 valence electrons. The van der Waals surface area contributed by atoms with Crippen LogP contribution in [-0.2, 0) is 0 Å². The molecule has 0 aliphatic heterocycles. The van der Waals surface area contributed by atoms with E-state index in [2.05, 4.69) is 36.2 Å². The molecule has 3 N–H and O–H groups in total. The highest BCUT2D eigenvalue weighted by Gasteiger charge is 2.17. The van der Waals surface area contributed by atoms with Gasteiger partial charge in [0, 0.05) is 4.90 Å². The Balaban J connectivity index is 2.07. The standard InChI is InChI=1S/C14H12N2OS2/c1-8-2-4-9(5-3-8)19-13-11(14(15)17)16-10-6-7-18-12(10)13/h2-7,16H,1H3,(H2,15,17). The van der Waals surface area contributed by atoms with Gasteiger partial charge in [-0.15, -0.1) is 11.3 Å². The van der Waals surface area contributed by atoms with Gasteiger partial charge in [0.15, 0.2) is 0 Å². The van der Waals surface area contributed by atoms with Crippen LogP contribution in [0.5, 0.6) is 0 Å². The third-order valence-corrected chi connectivity index (χ3v) is 5.03. The number of primary amides is 1. The van der Waals surface area contributed by atoms with E-state index in [4.69, 9.17) is 5.73 Å². The number of H-pyrrole nitrogens is 1. The van der Waals surface area contributed by atoms with Crippen LogP contribution in [0.1, 0.15) is 16.1 Å². The lowest BCUT2D eigenvalue weighted by Gasteiger charge is -2.02. The molecule has 1 amide bonds. The first-order chi connectivity index (χ1) is 9.15. The van der Waals surface area contributed by atoms with E-state index in [0.29, 0.717) is 5.69 Å². The summed E-state index contributed by atoms with van der Waals surface area (Å²) < 4.78 is 1.08. The van der Waals surface area contributed by atoms with Gasteiger partial charge in [0.05, 0.1) is 15.1 Å². The molecule has 0 unspecified atom stereocenters. The van der Waals surface area contributed by atoms with Crippen LogP contribution in [0.15, 0.2) is 45.5 Å². The number of nitrogens with one attached hydrogen (secondary N) is 1. The van der Waals surface area contributed by atoms with E-state index in [1.165, 1.54) is 5.56 Å². The van der Waals surface area contributed by atoms with Crippen molar-refractivity contribution in [2.45, 2.75) is 16.7 Å². The van der Waals surface area contributed by atoms with Crippen molar-refractivity contribution in [3.63, 3.8) is 0 Å². The first-order valence-corrected chi connectivity index (χ1v) is 7.48. The fraction of sp³-hybridized carbons (Fsp3) is 0.0714. The molecule has 0 saturated heterocycles. The number of carbonyl (C=O) groups excluding carboxylic acids is 1. The number of amides is 1. The van der Waals surface area contributed by atoms with E-state index in [-0.39, 0.29) is 0 Å². The van der Waals surface area contributed by atoms with Crippen LogP contribution in [0, 0.1) is 6.92 Å². The Labute approximate surface area is 118 Å². The predicted molar refractivity (Wildman–Crippen MR) is 80.0 cm³/mol. The van der Waals surface area contributed by atoms with Gasteiger partial charge in [-0.2, -0.15) is 0 Å². The Bertz CT molecular complexity index is 740. The van der Waals surface area contributed by atoms with Crippen molar-refractivity contribution in [2.75, 3.05) is 0 Å². The zero-order chi connectivity index (χ0) is 13.4. The maximum absolute atomic E-state index is 11.5. The second-order valence-electron chi connectivity index (χ2n) is 4.27. The number of hydrogen-bond acceptors (Lipinski definition) is 3. The van der Waals surface area contributed by atoms with E-state index in [1.54, 1.807) is 23.1 Å². The van der Waals surface area contributed by atoms with Crippen LogP contribution in [0.3, 0.4) is 0 Å². The summed E-state index contributed by atoms with van der Waals surface area (Å²) in [6.07, 6.45) is 0. The summed E-state index contributed by atoms with van der Waals surface area (Å²) in [7, 11) is 0.